The first kappa shape index (κ1) is 11.9. The zero-order chi connectivity index (χ0) is 12.3. The summed E-state index contributed by atoms with van der Waals surface area (Å²) in [6.45, 7) is 1.65. The van der Waals surface area contributed by atoms with Gasteiger partial charge in [0.25, 0.3) is 0 Å². The number of nitrogens with two attached hydrogens (primary N) is 1. The lowest BCUT2D eigenvalue weighted by atomic mass is 10.7. The van der Waals surface area contributed by atoms with Crippen LogP contribution >= 0.6 is 23.1 Å². The summed E-state index contributed by atoms with van der Waals surface area (Å²) >= 11 is 2.69. The fourth-order valence-electron chi connectivity index (χ4n) is 0.978. The second kappa shape index (κ2) is 5.15. The van der Waals surface area contributed by atoms with Gasteiger partial charge >= 0.3 is 6.01 Å². The second-order valence-electron chi connectivity index (χ2n) is 2.98. The molecule has 0 fully saturated rings. The van der Waals surface area contributed by atoms with Crippen molar-refractivity contribution in [2.24, 2.45) is 0 Å². The zero-order valence-corrected chi connectivity index (χ0v) is 10.5. The summed E-state index contributed by atoms with van der Waals surface area (Å²) in [5.41, 5.74) is 5.47. The van der Waals surface area contributed by atoms with Crippen LogP contribution in [0.5, 0.6) is 0 Å². The normalized spacial score (nSPS) is 10.4. The van der Waals surface area contributed by atoms with E-state index in [0.29, 0.717) is 11.0 Å². The maximum atomic E-state index is 11.5. The fraction of sp³-hybridized carbons (Fsp3) is 0.250. The Morgan fingerprint density at radius 1 is 1.65 bits per heavy atom. The van der Waals surface area contributed by atoms with E-state index in [4.69, 9.17) is 10.2 Å². The number of nitrogens with zero attached hydrogens (tertiary/aromatic N) is 3. The molecule has 2 rings (SSSR count). The molecule has 0 aliphatic carbocycles. The minimum absolute atomic E-state index is 0.108. The molecule has 0 bridgehead atoms. The van der Waals surface area contributed by atoms with Crippen molar-refractivity contribution in [3.05, 3.63) is 12.1 Å². The number of thiazole rings is 1. The predicted octanol–water partition coefficient (Wildman–Crippen LogP) is 1.15. The van der Waals surface area contributed by atoms with Gasteiger partial charge in [-0.2, -0.15) is 0 Å². The second-order valence-corrected chi connectivity index (χ2v) is 5.32. The van der Waals surface area contributed by atoms with Crippen LogP contribution in [0.4, 0.5) is 11.1 Å². The van der Waals surface area contributed by atoms with Gasteiger partial charge < -0.3 is 10.2 Å². The molecule has 7 nitrogen and oxygen atoms in total. The molecular formula is C8H9N5O2S2. The summed E-state index contributed by atoms with van der Waals surface area (Å²) < 4.78 is 5.91. The standard InChI is InChI=1S/C8H9N5O2S2/c1-4-12-13-8(15-4)11-5(14)3-16-6-2-10-7(9)17-6/h2H,3H2,1H3,(H2,9,10)(H,11,13,14). The molecule has 0 radical (unpaired) electrons. The summed E-state index contributed by atoms with van der Waals surface area (Å²) in [6.07, 6.45) is 1.63. The van der Waals surface area contributed by atoms with Gasteiger partial charge in [-0.1, -0.05) is 16.4 Å². The topological polar surface area (TPSA) is 107 Å². The van der Waals surface area contributed by atoms with Gasteiger partial charge in [-0.25, -0.2) is 4.98 Å². The molecular weight excluding hydrogens is 262 g/mol. The van der Waals surface area contributed by atoms with Crippen LogP contribution in [0, 0.1) is 6.92 Å². The van der Waals surface area contributed by atoms with Gasteiger partial charge in [-0.3, -0.25) is 10.1 Å². The van der Waals surface area contributed by atoms with E-state index in [9.17, 15) is 4.79 Å². The number of rotatable bonds is 4. The van der Waals surface area contributed by atoms with Crippen LogP contribution in [-0.2, 0) is 4.79 Å². The average Bonchev–Trinajstić information content (AvgIpc) is 2.85. The molecule has 2 heterocycles. The molecule has 0 saturated heterocycles. The summed E-state index contributed by atoms with van der Waals surface area (Å²) in [6, 6.07) is 0.108. The Hall–Kier alpha value is -1.61. The molecule has 2 aromatic heterocycles. The number of nitrogen functional groups attached to an aromatic ring is 1. The molecule has 3 N–H and O–H groups in total. The predicted molar refractivity (Wildman–Crippen MR) is 64.9 cm³/mol. The first-order valence-corrected chi connectivity index (χ1v) is 6.38. The van der Waals surface area contributed by atoms with Gasteiger partial charge in [-0.05, 0) is 0 Å². The van der Waals surface area contributed by atoms with E-state index in [1.54, 1.807) is 13.1 Å². The number of aryl methyl sites for hydroxylation is 1. The molecule has 2 aromatic rings. The Morgan fingerprint density at radius 2 is 2.47 bits per heavy atom. The van der Waals surface area contributed by atoms with E-state index >= 15 is 0 Å². The van der Waals surface area contributed by atoms with E-state index in [0.717, 1.165) is 4.21 Å². The number of carbonyl (C=O) groups is 1. The minimum atomic E-state index is -0.217. The number of aromatic nitrogens is 3. The monoisotopic (exact) mass is 271 g/mol. The number of amides is 1. The van der Waals surface area contributed by atoms with Crippen LogP contribution in [0.1, 0.15) is 5.89 Å². The highest BCUT2D eigenvalue weighted by Crippen LogP contribution is 2.26. The summed E-state index contributed by atoms with van der Waals surface area (Å²) in [5.74, 6) is 0.428. The minimum Gasteiger partial charge on any atom is -0.408 e. The highest BCUT2D eigenvalue weighted by Gasteiger charge is 2.09. The van der Waals surface area contributed by atoms with E-state index in [-0.39, 0.29) is 17.7 Å². The largest absolute Gasteiger partial charge is 0.408 e. The number of carbonyl (C=O) groups excluding carboxylic acids is 1. The highest BCUT2D eigenvalue weighted by atomic mass is 32.2. The fourth-order valence-corrected chi connectivity index (χ4v) is 2.54. The van der Waals surface area contributed by atoms with Crippen LogP contribution < -0.4 is 11.1 Å². The lowest BCUT2D eigenvalue weighted by Gasteiger charge is -1.97. The molecule has 0 aromatic carbocycles. The molecule has 0 spiro atoms. The number of anilines is 2. The number of nitrogens with one attached hydrogen (secondary N) is 1. The van der Waals surface area contributed by atoms with Crippen molar-refractivity contribution in [1.82, 2.24) is 15.2 Å². The Morgan fingerprint density at radius 3 is 3.06 bits per heavy atom. The van der Waals surface area contributed by atoms with Crippen LogP contribution in [0.25, 0.3) is 0 Å². The number of hydrogen-bond donors (Lipinski definition) is 2. The average molecular weight is 271 g/mol. The van der Waals surface area contributed by atoms with Crippen LogP contribution in [0.2, 0.25) is 0 Å². The molecule has 9 heteroatoms. The van der Waals surface area contributed by atoms with Crippen molar-refractivity contribution in [2.75, 3.05) is 16.8 Å². The molecule has 90 valence electrons. The molecule has 17 heavy (non-hydrogen) atoms. The van der Waals surface area contributed by atoms with Gasteiger partial charge in [0.2, 0.25) is 11.8 Å². The first-order chi connectivity index (χ1) is 8.13. The van der Waals surface area contributed by atoms with Gasteiger partial charge in [0.15, 0.2) is 5.13 Å². The van der Waals surface area contributed by atoms with Crippen molar-refractivity contribution in [3.8, 4) is 0 Å². The maximum Gasteiger partial charge on any atom is 0.322 e. The molecule has 0 aliphatic heterocycles. The Balaban J connectivity index is 1.82. The first-order valence-electron chi connectivity index (χ1n) is 4.57. The van der Waals surface area contributed by atoms with Crippen molar-refractivity contribution in [3.63, 3.8) is 0 Å². The third kappa shape index (κ3) is 3.43. The van der Waals surface area contributed by atoms with Gasteiger partial charge in [0.1, 0.15) is 0 Å². The van der Waals surface area contributed by atoms with E-state index in [1.807, 2.05) is 0 Å². The summed E-state index contributed by atoms with van der Waals surface area (Å²) in [7, 11) is 0. The van der Waals surface area contributed by atoms with Crippen molar-refractivity contribution >= 4 is 40.2 Å². The highest BCUT2D eigenvalue weighted by molar-refractivity contribution is 8.01. The SMILES string of the molecule is Cc1nnc(NC(=O)CSc2cnc(N)s2)o1. The van der Waals surface area contributed by atoms with Crippen LogP contribution in [-0.4, -0.2) is 26.8 Å². The number of thioether (sulfide) groups is 1. The van der Waals surface area contributed by atoms with Gasteiger partial charge in [0.05, 0.1) is 16.2 Å². The lowest BCUT2D eigenvalue weighted by Crippen LogP contribution is -2.14. The molecule has 0 atom stereocenters. The maximum absolute atomic E-state index is 11.5. The smallest absolute Gasteiger partial charge is 0.322 e. The van der Waals surface area contributed by atoms with Crippen LogP contribution in [0.3, 0.4) is 0 Å². The van der Waals surface area contributed by atoms with Crippen LogP contribution in [0.15, 0.2) is 14.8 Å². The third-order valence-corrected chi connectivity index (χ3v) is 3.64. The summed E-state index contributed by atoms with van der Waals surface area (Å²) in [4.78, 5) is 15.4. The summed E-state index contributed by atoms with van der Waals surface area (Å²) in [5, 5.41) is 10.2. The third-order valence-electron chi connectivity index (χ3n) is 1.62. The number of hydrogen-bond acceptors (Lipinski definition) is 8. The Bertz CT molecular complexity index is 523. The van der Waals surface area contributed by atoms with Gasteiger partial charge in [0, 0.05) is 6.92 Å². The molecule has 0 saturated carbocycles. The zero-order valence-electron chi connectivity index (χ0n) is 8.84. The Labute approximate surface area is 105 Å². The van der Waals surface area contributed by atoms with E-state index in [2.05, 4.69) is 20.5 Å². The molecule has 1 amide bonds. The van der Waals surface area contributed by atoms with E-state index in [1.165, 1.54) is 23.1 Å². The van der Waals surface area contributed by atoms with Gasteiger partial charge in [-0.15, -0.1) is 16.9 Å². The quantitative estimate of drug-likeness (QED) is 0.803. The van der Waals surface area contributed by atoms with Crippen molar-refractivity contribution in [1.29, 1.82) is 0 Å². The molecule has 0 unspecified atom stereocenters. The molecule has 0 aliphatic rings. The van der Waals surface area contributed by atoms with Crippen molar-refractivity contribution in [2.45, 2.75) is 11.1 Å². The lowest BCUT2D eigenvalue weighted by molar-refractivity contribution is -0.113. The van der Waals surface area contributed by atoms with Crippen molar-refractivity contribution < 1.29 is 9.21 Å². The van der Waals surface area contributed by atoms with E-state index < -0.39 is 0 Å². The Kier molecular flexibility index (Phi) is 3.59.